The molecule has 0 N–H and O–H groups in total. The Labute approximate surface area is 111 Å². The van der Waals surface area contributed by atoms with Gasteiger partial charge in [0.1, 0.15) is 5.75 Å². The van der Waals surface area contributed by atoms with E-state index >= 15 is 0 Å². The minimum Gasteiger partial charge on any atom is -0.497 e. The summed E-state index contributed by atoms with van der Waals surface area (Å²) in [5.74, 6) is 0.487. The molecule has 0 saturated carbocycles. The second-order valence-corrected chi connectivity index (χ2v) is 4.76. The molecule has 1 aromatic carbocycles. The molecule has 0 bridgehead atoms. The Morgan fingerprint density at radius 1 is 1.31 bits per heavy atom. The Morgan fingerprint density at radius 2 is 1.88 bits per heavy atom. The van der Waals surface area contributed by atoms with Gasteiger partial charge in [-0.1, -0.05) is 31.9 Å². The zero-order valence-electron chi connectivity index (χ0n) is 9.05. The van der Waals surface area contributed by atoms with Crippen LogP contribution in [0.5, 0.6) is 5.75 Å². The third kappa shape index (κ3) is 3.49. The third-order valence-corrected chi connectivity index (χ3v) is 3.39. The Kier molecular flexibility index (Phi) is 5.28. The summed E-state index contributed by atoms with van der Waals surface area (Å²) in [4.78, 5) is 11.4. The lowest BCUT2D eigenvalue weighted by atomic mass is 10.1. The van der Waals surface area contributed by atoms with E-state index in [1.54, 1.807) is 14.0 Å². The predicted molar refractivity (Wildman–Crippen MR) is 68.7 cm³/mol. The van der Waals surface area contributed by atoms with E-state index in [2.05, 4.69) is 31.9 Å². The van der Waals surface area contributed by atoms with Gasteiger partial charge in [-0.25, -0.2) is 0 Å². The summed E-state index contributed by atoms with van der Waals surface area (Å²) in [6.45, 7) is 2.18. The molecule has 0 atom stereocenters. The number of rotatable bonds is 4. The van der Waals surface area contributed by atoms with Crippen molar-refractivity contribution in [2.24, 2.45) is 0 Å². The van der Waals surface area contributed by atoms with Gasteiger partial charge in [0.2, 0.25) is 0 Å². The second-order valence-electron chi connectivity index (χ2n) is 3.05. The van der Waals surface area contributed by atoms with Crippen molar-refractivity contribution in [3.63, 3.8) is 0 Å². The van der Waals surface area contributed by atoms with Crippen LogP contribution in [0.1, 0.15) is 12.5 Å². The first-order valence-corrected chi connectivity index (χ1v) is 6.34. The van der Waals surface area contributed by atoms with Gasteiger partial charge < -0.3 is 9.47 Å². The maximum absolute atomic E-state index is 11.4. The number of carbonyl (C=O) groups is 1. The van der Waals surface area contributed by atoms with Crippen LogP contribution in [0.3, 0.4) is 0 Å². The van der Waals surface area contributed by atoms with Crippen molar-refractivity contribution in [2.45, 2.75) is 13.3 Å². The SMILES string of the molecule is CCOC(=O)Cc1c(Br)cc(OC)cc1Br. The Bertz CT molecular complexity index is 368. The van der Waals surface area contributed by atoms with Crippen LogP contribution in [0, 0.1) is 0 Å². The molecule has 16 heavy (non-hydrogen) atoms. The van der Waals surface area contributed by atoms with Crippen molar-refractivity contribution in [3.05, 3.63) is 26.6 Å². The molecule has 0 heterocycles. The first-order valence-electron chi connectivity index (χ1n) is 4.76. The molecule has 0 aliphatic heterocycles. The van der Waals surface area contributed by atoms with Gasteiger partial charge in [-0.2, -0.15) is 0 Å². The lowest BCUT2D eigenvalue weighted by molar-refractivity contribution is -0.142. The number of hydrogen-bond acceptors (Lipinski definition) is 3. The highest BCUT2D eigenvalue weighted by atomic mass is 79.9. The molecular weight excluding hydrogens is 340 g/mol. The van der Waals surface area contributed by atoms with Crippen LogP contribution in [-0.4, -0.2) is 19.7 Å². The number of carbonyl (C=O) groups excluding carboxylic acids is 1. The fourth-order valence-corrected chi connectivity index (χ4v) is 2.65. The Balaban J connectivity index is 2.92. The topological polar surface area (TPSA) is 35.5 Å². The van der Waals surface area contributed by atoms with Crippen LogP contribution in [0.25, 0.3) is 0 Å². The zero-order valence-corrected chi connectivity index (χ0v) is 12.2. The molecule has 88 valence electrons. The van der Waals surface area contributed by atoms with Gasteiger partial charge in [0.15, 0.2) is 0 Å². The monoisotopic (exact) mass is 350 g/mol. The predicted octanol–water partition coefficient (Wildman–Crippen LogP) is 3.33. The van der Waals surface area contributed by atoms with E-state index in [9.17, 15) is 4.79 Å². The molecule has 0 radical (unpaired) electrons. The zero-order chi connectivity index (χ0) is 12.1. The second kappa shape index (κ2) is 6.25. The minimum atomic E-state index is -0.242. The van der Waals surface area contributed by atoms with Crippen molar-refractivity contribution in [1.82, 2.24) is 0 Å². The van der Waals surface area contributed by atoms with Gasteiger partial charge in [-0.15, -0.1) is 0 Å². The molecule has 1 aromatic rings. The van der Waals surface area contributed by atoms with Gasteiger partial charge in [0, 0.05) is 8.95 Å². The number of hydrogen-bond donors (Lipinski definition) is 0. The summed E-state index contributed by atoms with van der Waals surface area (Å²) in [5.41, 5.74) is 0.860. The van der Waals surface area contributed by atoms with Gasteiger partial charge in [-0.3, -0.25) is 4.79 Å². The Morgan fingerprint density at radius 3 is 2.31 bits per heavy atom. The smallest absolute Gasteiger partial charge is 0.310 e. The van der Waals surface area contributed by atoms with Crippen LogP contribution >= 0.6 is 31.9 Å². The summed E-state index contributed by atoms with van der Waals surface area (Å²) in [7, 11) is 1.60. The number of halogens is 2. The highest BCUT2D eigenvalue weighted by Gasteiger charge is 2.12. The standard InChI is InChI=1S/C11H12Br2O3/c1-3-16-11(14)6-8-9(12)4-7(15-2)5-10(8)13/h4-5H,3,6H2,1-2H3. The van der Waals surface area contributed by atoms with E-state index in [0.29, 0.717) is 6.61 Å². The third-order valence-electron chi connectivity index (χ3n) is 1.98. The lowest BCUT2D eigenvalue weighted by Crippen LogP contribution is -2.08. The van der Waals surface area contributed by atoms with Crippen molar-refractivity contribution in [1.29, 1.82) is 0 Å². The fraction of sp³-hybridized carbons (Fsp3) is 0.364. The van der Waals surface area contributed by atoms with Crippen LogP contribution in [0.2, 0.25) is 0 Å². The van der Waals surface area contributed by atoms with E-state index in [1.807, 2.05) is 12.1 Å². The van der Waals surface area contributed by atoms with Crippen LogP contribution < -0.4 is 4.74 Å². The summed E-state index contributed by atoms with van der Waals surface area (Å²) in [5, 5.41) is 0. The molecule has 0 saturated heterocycles. The van der Waals surface area contributed by atoms with E-state index < -0.39 is 0 Å². The fourth-order valence-electron chi connectivity index (χ4n) is 1.22. The first kappa shape index (κ1) is 13.5. The molecular formula is C11H12Br2O3. The number of ether oxygens (including phenoxy) is 2. The largest absolute Gasteiger partial charge is 0.497 e. The summed E-state index contributed by atoms with van der Waals surface area (Å²) < 4.78 is 11.7. The summed E-state index contributed by atoms with van der Waals surface area (Å²) in [6.07, 6.45) is 0.235. The highest BCUT2D eigenvalue weighted by Crippen LogP contribution is 2.31. The van der Waals surface area contributed by atoms with Crippen molar-refractivity contribution in [2.75, 3.05) is 13.7 Å². The maximum atomic E-state index is 11.4. The van der Waals surface area contributed by atoms with Crippen molar-refractivity contribution in [3.8, 4) is 5.75 Å². The lowest BCUT2D eigenvalue weighted by Gasteiger charge is -2.09. The molecule has 5 heteroatoms. The maximum Gasteiger partial charge on any atom is 0.310 e. The van der Waals surface area contributed by atoms with E-state index in [-0.39, 0.29) is 12.4 Å². The average molecular weight is 352 g/mol. The van der Waals surface area contributed by atoms with Gasteiger partial charge >= 0.3 is 5.97 Å². The number of benzene rings is 1. The molecule has 0 aliphatic rings. The molecule has 0 spiro atoms. The molecule has 0 fully saturated rings. The van der Waals surface area contributed by atoms with Gasteiger partial charge in [0.05, 0.1) is 20.1 Å². The molecule has 0 aromatic heterocycles. The minimum absolute atomic E-state index is 0.235. The van der Waals surface area contributed by atoms with E-state index in [0.717, 1.165) is 20.3 Å². The highest BCUT2D eigenvalue weighted by molar-refractivity contribution is 9.11. The normalized spacial score (nSPS) is 10.0. The number of esters is 1. The quantitative estimate of drug-likeness (QED) is 0.780. The van der Waals surface area contributed by atoms with E-state index in [1.165, 1.54) is 0 Å². The van der Waals surface area contributed by atoms with Crippen molar-refractivity contribution < 1.29 is 14.3 Å². The summed E-state index contributed by atoms with van der Waals surface area (Å²) in [6, 6.07) is 3.64. The van der Waals surface area contributed by atoms with E-state index in [4.69, 9.17) is 9.47 Å². The molecule has 3 nitrogen and oxygen atoms in total. The van der Waals surface area contributed by atoms with Gasteiger partial charge in [-0.05, 0) is 24.6 Å². The number of methoxy groups -OCH3 is 1. The average Bonchev–Trinajstić information content (AvgIpc) is 2.23. The molecule has 1 rings (SSSR count). The molecule has 0 unspecified atom stereocenters. The molecule has 0 aliphatic carbocycles. The van der Waals surface area contributed by atoms with Crippen LogP contribution in [0.15, 0.2) is 21.1 Å². The summed E-state index contributed by atoms with van der Waals surface area (Å²) >= 11 is 6.80. The van der Waals surface area contributed by atoms with Crippen LogP contribution in [-0.2, 0) is 16.0 Å². The van der Waals surface area contributed by atoms with Crippen molar-refractivity contribution >= 4 is 37.8 Å². The molecule has 0 amide bonds. The van der Waals surface area contributed by atoms with Gasteiger partial charge in [0.25, 0.3) is 0 Å². The Hall–Kier alpha value is -0.550. The first-order chi connectivity index (χ1) is 7.58. The van der Waals surface area contributed by atoms with Crippen LogP contribution in [0.4, 0.5) is 0 Å².